The molecule has 6 nitrogen and oxygen atoms in total. The van der Waals surface area contributed by atoms with E-state index in [4.69, 9.17) is 4.74 Å². The molecule has 118 valence electrons. The molecule has 1 unspecified atom stereocenters. The van der Waals surface area contributed by atoms with E-state index in [9.17, 15) is 9.59 Å². The zero-order chi connectivity index (χ0) is 15.4. The normalized spacial score (nSPS) is 21.5. The van der Waals surface area contributed by atoms with Gasteiger partial charge in [0.2, 0.25) is 11.8 Å². The summed E-state index contributed by atoms with van der Waals surface area (Å²) in [5.41, 5.74) is 2.07. The summed E-state index contributed by atoms with van der Waals surface area (Å²) in [5.74, 6) is 0.0217. The van der Waals surface area contributed by atoms with Gasteiger partial charge < -0.3 is 20.3 Å². The summed E-state index contributed by atoms with van der Waals surface area (Å²) < 4.78 is 5.36. The minimum absolute atomic E-state index is 0.0331. The van der Waals surface area contributed by atoms with Crippen LogP contribution in [0.5, 0.6) is 0 Å². The van der Waals surface area contributed by atoms with Crippen molar-refractivity contribution in [3.63, 3.8) is 0 Å². The molecule has 0 aliphatic carbocycles. The van der Waals surface area contributed by atoms with E-state index in [0.29, 0.717) is 26.2 Å². The highest BCUT2D eigenvalue weighted by Crippen LogP contribution is 2.16. The van der Waals surface area contributed by atoms with Gasteiger partial charge in [-0.3, -0.25) is 9.59 Å². The summed E-state index contributed by atoms with van der Waals surface area (Å²) in [6.45, 7) is 3.07. The van der Waals surface area contributed by atoms with Crippen LogP contribution in [0.4, 0.5) is 5.69 Å². The quantitative estimate of drug-likeness (QED) is 0.845. The fourth-order valence-corrected chi connectivity index (χ4v) is 2.77. The molecule has 1 aromatic carbocycles. The van der Waals surface area contributed by atoms with E-state index in [1.165, 1.54) is 0 Å². The fraction of sp³-hybridized carbons (Fsp3) is 0.500. The van der Waals surface area contributed by atoms with Crippen molar-refractivity contribution in [1.29, 1.82) is 0 Å². The van der Waals surface area contributed by atoms with Crippen molar-refractivity contribution in [2.75, 3.05) is 31.1 Å². The molecular weight excluding hydrogens is 282 g/mol. The van der Waals surface area contributed by atoms with E-state index < -0.39 is 0 Å². The number of hydrogen-bond donors (Lipinski definition) is 2. The zero-order valence-corrected chi connectivity index (χ0v) is 12.5. The highest BCUT2D eigenvalue weighted by atomic mass is 16.5. The number of ether oxygens (including phenoxy) is 1. The molecule has 2 heterocycles. The third-order valence-corrected chi connectivity index (χ3v) is 4.03. The van der Waals surface area contributed by atoms with Crippen LogP contribution in [0.3, 0.4) is 0 Å². The largest absolute Gasteiger partial charge is 0.368 e. The molecule has 0 radical (unpaired) electrons. The number of nitrogens with one attached hydrogen (secondary N) is 2. The Morgan fingerprint density at radius 3 is 2.86 bits per heavy atom. The molecule has 0 bridgehead atoms. The van der Waals surface area contributed by atoms with Crippen LogP contribution in [0.25, 0.3) is 0 Å². The second-order valence-corrected chi connectivity index (χ2v) is 5.66. The monoisotopic (exact) mass is 303 g/mol. The van der Waals surface area contributed by atoms with E-state index in [2.05, 4.69) is 10.6 Å². The Morgan fingerprint density at radius 2 is 2.18 bits per heavy atom. The summed E-state index contributed by atoms with van der Waals surface area (Å²) in [6, 6.07) is 7.95. The summed E-state index contributed by atoms with van der Waals surface area (Å²) >= 11 is 0. The smallest absolute Gasteiger partial charge is 0.249 e. The lowest BCUT2D eigenvalue weighted by Crippen LogP contribution is -2.47. The average Bonchev–Trinajstić information content (AvgIpc) is 3.08. The van der Waals surface area contributed by atoms with Gasteiger partial charge in [0.1, 0.15) is 6.10 Å². The lowest BCUT2D eigenvalue weighted by Gasteiger charge is -2.28. The van der Waals surface area contributed by atoms with E-state index in [1.54, 1.807) is 0 Å². The molecule has 1 atom stereocenters. The predicted octanol–water partition coefficient (Wildman–Crippen LogP) is 0.418. The van der Waals surface area contributed by atoms with Crippen molar-refractivity contribution in [1.82, 2.24) is 10.6 Å². The first-order chi connectivity index (χ1) is 10.7. The maximum Gasteiger partial charge on any atom is 0.249 e. The van der Waals surface area contributed by atoms with Crippen LogP contribution in [0.15, 0.2) is 24.3 Å². The second kappa shape index (κ2) is 6.79. The number of anilines is 1. The summed E-state index contributed by atoms with van der Waals surface area (Å²) in [6.07, 6.45) is 1.48. The number of benzene rings is 1. The average molecular weight is 303 g/mol. The minimum atomic E-state index is -0.286. The maximum atomic E-state index is 11.9. The topological polar surface area (TPSA) is 70.7 Å². The Morgan fingerprint density at radius 1 is 1.36 bits per heavy atom. The molecule has 2 fully saturated rings. The van der Waals surface area contributed by atoms with Crippen molar-refractivity contribution in [2.24, 2.45) is 0 Å². The van der Waals surface area contributed by atoms with Crippen molar-refractivity contribution < 1.29 is 14.3 Å². The summed E-state index contributed by atoms with van der Waals surface area (Å²) in [7, 11) is 0. The molecule has 2 amide bonds. The van der Waals surface area contributed by atoms with Gasteiger partial charge >= 0.3 is 0 Å². The van der Waals surface area contributed by atoms with Gasteiger partial charge in [0.15, 0.2) is 0 Å². The first-order valence-corrected chi connectivity index (χ1v) is 7.72. The molecule has 2 aliphatic rings. The summed E-state index contributed by atoms with van der Waals surface area (Å²) in [5, 5.41) is 5.72. The number of nitrogens with zero attached hydrogens (tertiary/aromatic N) is 1. The lowest BCUT2D eigenvalue weighted by atomic mass is 10.1. The molecule has 0 aromatic heterocycles. The van der Waals surface area contributed by atoms with Crippen molar-refractivity contribution in [3.8, 4) is 0 Å². The molecule has 6 heteroatoms. The van der Waals surface area contributed by atoms with Gasteiger partial charge in [-0.2, -0.15) is 0 Å². The van der Waals surface area contributed by atoms with Crippen molar-refractivity contribution in [3.05, 3.63) is 29.8 Å². The van der Waals surface area contributed by atoms with Crippen LogP contribution in [0.2, 0.25) is 0 Å². The molecule has 0 saturated carbocycles. The van der Waals surface area contributed by atoms with Gasteiger partial charge in [0, 0.05) is 31.9 Å². The zero-order valence-electron chi connectivity index (χ0n) is 12.5. The first-order valence-electron chi connectivity index (χ1n) is 7.72. The predicted molar refractivity (Wildman–Crippen MR) is 82.5 cm³/mol. The number of amides is 2. The Hall–Kier alpha value is -2.08. The number of hydrogen-bond acceptors (Lipinski definition) is 4. The minimum Gasteiger partial charge on any atom is -0.368 e. The Balaban J connectivity index is 1.52. The van der Waals surface area contributed by atoms with Crippen LogP contribution in [-0.2, 0) is 20.9 Å². The SMILES string of the molecule is O=C1CN(c2ccc(CNC(=O)C3CCCO3)cc2)CCN1. The molecule has 2 saturated heterocycles. The molecular formula is C16H21N3O3. The van der Waals surface area contributed by atoms with Gasteiger partial charge in [-0.1, -0.05) is 12.1 Å². The van der Waals surface area contributed by atoms with Crippen LogP contribution >= 0.6 is 0 Å². The van der Waals surface area contributed by atoms with Crippen LogP contribution in [0, 0.1) is 0 Å². The summed E-state index contributed by atoms with van der Waals surface area (Å²) in [4.78, 5) is 25.3. The third-order valence-electron chi connectivity index (χ3n) is 4.03. The molecule has 3 rings (SSSR count). The van der Waals surface area contributed by atoms with E-state index in [1.807, 2.05) is 29.2 Å². The molecule has 2 N–H and O–H groups in total. The number of piperazine rings is 1. The molecule has 22 heavy (non-hydrogen) atoms. The molecule has 1 aromatic rings. The van der Waals surface area contributed by atoms with Crippen molar-refractivity contribution in [2.45, 2.75) is 25.5 Å². The maximum absolute atomic E-state index is 11.9. The van der Waals surface area contributed by atoms with Gasteiger partial charge in [-0.05, 0) is 30.5 Å². The molecule has 2 aliphatic heterocycles. The van der Waals surface area contributed by atoms with E-state index in [0.717, 1.165) is 30.6 Å². The Bertz CT molecular complexity index is 538. The highest BCUT2D eigenvalue weighted by Gasteiger charge is 2.23. The standard InChI is InChI=1S/C16H21N3O3/c20-15-11-19(8-7-17-15)13-5-3-12(4-6-13)10-18-16(21)14-2-1-9-22-14/h3-6,14H,1-2,7-11H2,(H,17,20)(H,18,21). The Kier molecular flexibility index (Phi) is 4.58. The van der Waals surface area contributed by atoms with Crippen molar-refractivity contribution >= 4 is 17.5 Å². The van der Waals surface area contributed by atoms with E-state index in [-0.39, 0.29) is 17.9 Å². The van der Waals surface area contributed by atoms with Gasteiger partial charge in [0.05, 0.1) is 6.54 Å². The number of carbonyl (C=O) groups excluding carboxylic acids is 2. The number of rotatable bonds is 4. The number of carbonyl (C=O) groups is 2. The highest BCUT2D eigenvalue weighted by molar-refractivity contribution is 5.82. The van der Waals surface area contributed by atoms with Crippen LogP contribution in [0.1, 0.15) is 18.4 Å². The fourth-order valence-electron chi connectivity index (χ4n) is 2.77. The van der Waals surface area contributed by atoms with Gasteiger partial charge in [-0.25, -0.2) is 0 Å². The van der Waals surface area contributed by atoms with Crippen LogP contribution < -0.4 is 15.5 Å². The van der Waals surface area contributed by atoms with E-state index >= 15 is 0 Å². The first kappa shape index (κ1) is 14.8. The van der Waals surface area contributed by atoms with Crippen LogP contribution in [-0.4, -0.2) is 44.2 Å². The van der Waals surface area contributed by atoms with Gasteiger partial charge in [0.25, 0.3) is 0 Å². The lowest BCUT2D eigenvalue weighted by molar-refractivity contribution is -0.130. The van der Waals surface area contributed by atoms with Gasteiger partial charge in [-0.15, -0.1) is 0 Å². The molecule has 0 spiro atoms. The third kappa shape index (κ3) is 3.57. The second-order valence-electron chi connectivity index (χ2n) is 5.66. The Labute approximate surface area is 129 Å².